The highest BCUT2D eigenvalue weighted by molar-refractivity contribution is 7.89. The molecular formula is C12H17NO3S. The molecule has 0 unspecified atom stereocenters. The van der Waals surface area contributed by atoms with Crippen molar-refractivity contribution in [1.82, 2.24) is 4.72 Å². The molecule has 2 rings (SSSR count). The summed E-state index contributed by atoms with van der Waals surface area (Å²) in [6.45, 7) is 1.93. The molecule has 0 atom stereocenters. The van der Waals surface area contributed by atoms with E-state index in [9.17, 15) is 8.42 Å². The molecule has 0 aliphatic heterocycles. The zero-order chi connectivity index (χ0) is 12.5. The fraction of sp³-hybridized carbons (Fsp3) is 0.500. The third-order valence-corrected chi connectivity index (χ3v) is 4.70. The lowest BCUT2D eigenvalue weighted by Gasteiger charge is -2.31. The van der Waals surface area contributed by atoms with Gasteiger partial charge in [0.25, 0.3) is 0 Å². The van der Waals surface area contributed by atoms with E-state index < -0.39 is 10.0 Å². The Kier molecular flexibility index (Phi) is 3.51. The van der Waals surface area contributed by atoms with E-state index in [1.54, 1.807) is 12.1 Å². The van der Waals surface area contributed by atoms with Gasteiger partial charge in [-0.2, -0.15) is 0 Å². The van der Waals surface area contributed by atoms with Crippen LogP contribution in [0.3, 0.4) is 0 Å². The van der Waals surface area contributed by atoms with E-state index in [4.69, 9.17) is 5.11 Å². The largest absolute Gasteiger partial charge is 0.393 e. The van der Waals surface area contributed by atoms with Crippen molar-refractivity contribution in [3.63, 3.8) is 0 Å². The molecule has 1 aromatic carbocycles. The van der Waals surface area contributed by atoms with Crippen LogP contribution in [-0.2, 0) is 16.4 Å². The molecule has 1 saturated carbocycles. The summed E-state index contributed by atoms with van der Waals surface area (Å²) >= 11 is 0. The lowest BCUT2D eigenvalue weighted by atomic mass is 9.91. The first kappa shape index (κ1) is 12.5. The van der Waals surface area contributed by atoms with Crippen LogP contribution in [0.4, 0.5) is 0 Å². The van der Waals surface area contributed by atoms with Gasteiger partial charge in [-0.25, -0.2) is 13.1 Å². The fourth-order valence-corrected chi connectivity index (χ4v) is 3.60. The molecule has 5 heteroatoms. The van der Waals surface area contributed by atoms with Crippen molar-refractivity contribution in [1.29, 1.82) is 0 Å². The molecule has 1 aliphatic carbocycles. The zero-order valence-corrected chi connectivity index (χ0v) is 10.6. The Morgan fingerprint density at radius 2 is 2.00 bits per heavy atom. The predicted molar refractivity (Wildman–Crippen MR) is 65.2 cm³/mol. The molecule has 0 radical (unpaired) electrons. The second-order valence-corrected chi connectivity index (χ2v) is 6.09. The molecule has 1 aromatic rings. The smallest absolute Gasteiger partial charge is 0.241 e. The van der Waals surface area contributed by atoms with E-state index in [1.165, 1.54) is 0 Å². The van der Waals surface area contributed by atoms with Crippen LogP contribution in [-0.4, -0.2) is 25.7 Å². The molecule has 0 aromatic heterocycles. The topological polar surface area (TPSA) is 66.4 Å². The number of sulfonamides is 1. The SMILES string of the molecule is CCc1ccccc1S(=O)(=O)NC1CC(O)C1. The summed E-state index contributed by atoms with van der Waals surface area (Å²) < 4.78 is 26.9. The fourth-order valence-electron chi connectivity index (χ4n) is 2.03. The maximum atomic E-state index is 12.1. The van der Waals surface area contributed by atoms with Gasteiger partial charge in [-0.3, -0.25) is 0 Å². The summed E-state index contributed by atoms with van der Waals surface area (Å²) in [5, 5.41) is 9.15. The highest BCUT2D eigenvalue weighted by Crippen LogP contribution is 2.23. The third-order valence-electron chi connectivity index (χ3n) is 3.08. The zero-order valence-electron chi connectivity index (χ0n) is 9.76. The van der Waals surface area contributed by atoms with Crippen LogP contribution in [0, 0.1) is 0 Å². The molecule has 4 nitrogen and oxygen atoms in total. The summed E-state index contributed by atoms with van der Waals surface area (Å²) in [5.74, 6) is 0. The molecular weight excluding hydrogens is 238 g/mol. The maximum Gasteiger partial charge on any atom is 0.241 e. The highest BCUT2D eigenvalue weighted by atomic mass is 32.2. The second kappa shape index (κ2) is 4.76. The maximum absolute atomic E-state index is 12.1. The number of hydrogen-bond acceptors (Lipinski definition) is 3. The Morgan fingerprint density at radius 3 is 2.59 bits per heavy atom. The predicted octanol–water partition coefficient (Wildman–Crippen LogP) is 1.05. The number of rotatable bonds is 4. The highest BCUT2D eigenvalue weighted by Gasteiger charge is 2.31. The quantitative estimate of drug-likeness (QED) is 0.845. The molecule has 0 bridgehead atoms. The average molecular weight is 255 g/mol. The summed E-state index contributed by atoms with van der Waals surface area (Å²) in [6, 6.07) is 6.88. The summed E-state index contributed by atoms with van der Waals surface area (Å²) in [6.07, 6.45) is 1.34. The van der Waals surface area contributed by atoms with Crippen molar-refractivity contribution in [2.75, 3.05) is 0 Å². The number of benzene rings is 1. The van der Waals surface area contributed by atoms with Crippen molar-refractivity contribution in [3.8, 4) is 0 Å². The number of hydrogen-bond donors (Lipinski definition) is 2. The standard InChI is InChI=1S/C12H17NO3S/c1-2-9-5-3-4-6-12(9)17(15,16)13-10-7-11(14)8-10/h3-6,10-11,13-14H,2,7-8H2,1H3. The summed E-state index contributed by atoms with van der Waals surface area (Å²) in [7, 11) is -3.45. The van der Waals surface area contributed by atoms with Gasteiger partial charge < -0.3 is 5.11 Å². The molecule has 0 amide bonds. The van der Waals surface area contributed by atoms with Gasteiger partial charge in [0.2, 0.25) is 10.0 Å². The first-order valence-corrected chi connectivity index (χ1v) is 7.29. The van der Waals surface area contributed by atoms with Gasteiger partial charge >= 0.3 is 0 Å². The Hall–Kier alpha value is -0.910. The van der Waals surface area contributed by atoms with Crippen LogP contribution in [0.2, 0.25) is 0 Å². The first-order valence-electron chi connectivity index (χ1n) is 5.81. The lowest BCUT2D eigenvalue weighted by Crippen LogP contribution is -2.46. The average Bonchev–Trinajstić information content (AvgIpc) is 2.26. The third kappa shape index (κ3) is 2.68. The van der Waals surface area contributed by atoms with Gasteiger partial charge in [0.05, 0.1) is 11.0 Å². The Labute approximate surface area is 102 Å². The van der Waals surface area contributed by atoms with Crippen molar-refractivity contribution in [2.45, 2.75) is 43.2 Å². The van der Waals surface area contributed by atoms with Gasteiger partial charge in [-0.1, -0.05) is 25.1 Å². The van der Waals surface area contributed by atoms with Gasteiger partial charge in [0.1, 0.15) is 0 Å². The van der Waals surface area contributed by atoms with E-state index >= 15 is 0 Å². The molecule has 1 aliphatic rings. The summed E-state index contributed by atoms with van der Waals surface area (Å²) in [4.78, 5) is 0.351. The van der Waals surface area contributed by atoms with E-state index in [0.29, 0.717) is 24.2 Å². The van der Waals surface area contributed by atoms with E-state index in [2.05, 4.69) is 4.72 Å². The van der Waals surface area contributed by atoms with Crippen molar-refractivity contribution in [2.24, 2.45) is 0 Å². The number of aryl methyl sites for hydroxylation is 1. The minimum Gasteiger partial charge on any atom is -0.393 e. The van der Waals surface area contributed by atoms with E-state index in [-0.39, 0.29) is 12.1 Å². The van der Waals surface area contributed by atoms with Gasteiger partial charge in [0, 0.05) is 6.04 Å². The molecule has 94 valence electrons. The van der Waals surface area contributed by atoms with Crippen LogP contribution in [0.15, 0.2) is 29.2 Å². The minimum atomic E-state index is -3.45. The van der Waals surface area contributed by atoms with Crippen LogP contribution in [0.5, 0.6) is 0 Å². The lowest BCUT2D eigenvalue weighted by molar-refractivity contribution is 0.0712. The van der Waals surface area contributed by atoms with Crippen LogP contribution >= 0.6 is 0 Å². The van der Waals surface area contributed by atoms with Crippen molar-refractivity contribution in [3.05, 3.63) is 29.8 Å². The number of aliphatic hydroxyl groups is 1. The van der Waals surface area contributed by atoms with Crippen LogP contribution in [0.1, 0.15) is 25.3 Å². The van der Waals surface area contributed by atoms with E-state index in [0.717, 1.165) is 5.56 Å². The molecule has 2 N–H and O–H groups in total. The van der Waals surface area contributed by atoms with E-state index in [1.807, 2.05) is 19.1 Å². The van der Waals surface area contributed by atoms with Gasteiger partial charge in [0.15, 0.2) is 0 Å². The molecule has 0 heterocycles. The molecule has 1 fully saturated rings. The molecule has 0 spiro atoms. The Balaban J connectivity index is 2.19. The molecule has 17 heavy (non-hydrogen) atoms. The second-order valence-electron chi connectivity index (χ2n) is 4.40. The number of nitrogens with one attached hydrogen (secondary N) is 1. The number of aliphatic hydroxyl groups excluding tert-OH is 1. The Bertz CT molecular complexity index is 492. The van der Waals surface area contributed by atoms with Crippen molar-refractivity contribution < 1.29 is 13.5 Å². The molecule has 0 saturated heterocycles. The van der Waals surface area contributed by atoms with Crippen LogP contribution < -0.4 is 4.72 Å². The Morgan fingerprint density at radius 1 is 1.35 bits per heavy atom. The van der Waals surface area contributed by atoms with Gasteiger partial charge in [-0.05, 0) is 30.9 Å². The summed E-state index contributed by atoms with van der Waals surface area (Å²) in [5.41, 5.74) is 0.819. The van der Waals surface area contributed by atoms with Gasteiger partial charge in [-0.15, -0.1) is 0 Å². The first-order chi connectivity index (χ1) is 8.03. The monoisotopic (exact) mass is 255 g/mol. The normalized spacial score (nSPS) is 24.4. The van der Waals surface area contributed by atoms with Crippen molar-refractivity contribution >= 4 is 10.0 Å². The van der Waals surface area contributed by atoms with Crippen LogP contribution in [0.25, 0.3) is 0 Å². The minimum absolute atomic E-state index is 0.125.